The highest BCUT2D eigenvalue weighted by atomic mass is 32.2. The average Bonchev–Trinajstić information content (AvgIpc) is 3.23. The van der Waals surface area contributed by atoms with E-state index in [4.69, 9.17) is 9.47 Å². The molecule has 1 amide bonds. The van der Waals surface area contributed by atoms with Crippen LogP contribution >= 0.6 is 0 Å². The van der Waals surface area contributed by atoms with Crippen LogP contribution in [0.4, 0.5) is 11.4 Å². The third kappa shape index (κ3) is 4.34. The van der Waals surface area contributed by atoms with Crippen LogP contribution in [0.15, 0.2) is 77.7 Å². The van der Waals surface area contributed by atoms with Gasteiger partial charge in [0.15, 0.2) is 18.1 Å². The Labute approximate surface area is 181 Å². The zero-order valence-corrected chi connectivity index (χ0v) is 17.8. The molecule has 0 bridgehead atoms. The molecule has 4 rings (SSSR count). The van der Waals surface area contributed by atoms with Crippen molar-refractivity contribution in [3.63, 3.8) is 0 Å². The fraction of sp³-hybridized carbons (Fsp3) is 0.174. The van der Waals surface area contributed by atoms with Crippen LogP contribution in [0.25, 0.3) is 0 Å². The smallest absolute Gasteiger partial charge is 0.264 e. The number of fused-ring (bicyclic) bond motifs is 1. The van der Waals surface area contributed by atoms with E-state index in [2.05, 4.69) is 5.32 Å². The monoisotopic (exact) mass is 438 g/mol. The summed E-state index contributed by atoms with van der Waals surface area (Å²) < 4.78 is 38.2. The molecule has 0 atom stereocenters. The first-order chi connectivity index (χ1) is 15.0. The molecule has 3 aromatic rings. The summed E-state index contributed by atoms with van der Waals surface area (Å²) in [6.45, 7) is 0.214. The molecule has 0 spiro atoms. The Morgan fingerprint density at radius 2 is 1.65 bits per heavy atom. The van der Waals surface area contributed by atoms with Gasteiger partial charge in [-0.3, -0.25) is 9.10 Å². The largest absolute Gasteiger partial charge is 0.493 e. The number of benzene rings is 3. The van der Waals surface area contributed by atoms with E-state index in [1.165, 1.54) is 23.5 Å². The Morgan fingerprint density at radius 3 is 2.39 bits per heavy atom. The molecule has 31 heavy (non-hydrogen) atoms. The Bertz CT molecular complexity index is 1190. The minimum Gasteiger partial charge on any atom is -0.493 e. The molecule has 1 aliphatic heterocycles. The van der Waals surface area contributed by atoms with Gasteiger partial charge < -0.3 is 14.8 Å². The van der Waals surface area contributed by atoms with E-state index >= 15 is 0 Å². The van der Waals surface area contributed by atoms with Gasteiger partial charge in [-0.25, -0.2) is 8.42 Å². The van der Waals surface area contributed by atoms with Crippen molar-refractivity contribution in [2.75, 3.05) is 29.9 Å². The van der Waals surface area contributed by atoms with Crippen LogP contribution in [-0.2, 0) is 21.2 Å². The van der Waals surface area contributed by atoms with E-state index in [0.717, 1.165) is 5.56 Å². The van der Waals surface area contributed by atoms with Crippen LogP contribution in [0.1, 0.15) is 5.56 Å². The molecule has 0 saturated carbocycles. The van der Waals surface area contributed by atoms with Crippen molar-refractivity contribution in [2.45, 2.75) is 11.3 Å². The molecular formula is C23H22N2O5S. The van der Waals surface area contributed by atoms with Crippen molar-refractivity contribution in [1.29, 1.82) is 0 Å². The second-order valence-electron chi connectivity index (χ2n) is 6.97. The van der Waals surface area contributed by atoms with E-state index in [1.54, 1.807) is 30.3 Å². The van der Waals surface area contributed by atoms with Gasteiger partial charge in [0.05, 0.1) is 17.7 Å². The second kappa shape index (κ2) is 8.69. The first-order valence-corrected chi connectivity index (χ1v) is 11.2. The number of sulfonamides is 1. The van der Waals surface area contributed by atoms with Crippen molar-refractivity contribution in [2.24, 2.45) is 0 Å². The molecule has 0 saturated heterocycles. The molecule has 3 aromatic carbocycles. The number of para-hydroxylation sites is 3. The average molecular weight is 439 g/mol. The summed E-state index contributed by atoms with van der Waals surface area (Å²) in [6.07, 6.45) is 0.690. The first kappa shape index (κ1) is 20.7. The maximum atomic E-state index is 13.1. The van der Waals surface area contributed by atoms with E-state index < -0.39 is 10.0 Å². The summed E-state index contributed by atoms with van der Waals surface area (Å²) in [6, 6.07) is 20.7. The quantitative estimate of drug-likeness (QED) is 0.611. The number of nitrogens with zero attached hydrogens (tertiary/aromatic N) is 1. The number of carbonyl (C=O) groups is 1. The maximum absolute atomic E-state index is 13.1. The van der Waals surface area contributed by atoms with Gasteiger partial charge in [0.1, 0.15) is 0 Å². The number of nitrogens with one attached hydrogen (secondary N) is 1. The number of anilines is 2. The lowest BCUT2D eigenvalue weighted by molar-refractivity contribution is -0.118. The Balaban J connectivity index is 1.41. The zero-order chi connectivity index (χ0) is 21.8. The fourth-order valence-corrected chi connectivity index (χ4v) is 4.98. The summed E-state index contributed by atoms with van der Waals surface area (Å²) >= 11 is 0. The summed E-state index contributed by atoms with van der Waals surface area (Å²) in [5.41, 5.74) is 2.22. The van der Waals surface area contributed by atoms with Crippen molar-refractivity contribution in [1.82, 2.24) is 0 Å². The van der Waals surface area contributed by atoms with E-state index in [-0.39, 0.29) is 17.4 Å². The predicted molar refractivity (Wildman–Crippen MR) is 118 cm³/mol. The van der Waals surface area contributed by atoms with E-state index in [9.17, 15) is 13.2 Å². The van der Waals surface area contributed by atoms with Gasteiger partial charge in [-0.2, -0.15) is 0 Å². The van der Waals surface area contributed by atoms with Gasteiger partial charge in [0.2, 0.25) is 0 Å². The molecule has 0 aliphatic carbocycles. The molecule has 7 nitrogen and oxygen atoms in total. The first-order valence-electron chi connectivity index (χ1n) is 9.75. The number of carbonyl (C=O) groups excluding carboxylic acids is 1. The highest BCUT2D eigenvalue weighted by molar-refractivity contribution is 7.92. The number of amides is 1. The summed E-state index contributed by atoms with van der Waals surface area (Å²) in [5, 5.41) is 2.70. The molecule has 1 aliphatic rings. The zero-order valence-electron chi connectivity index (χ0n) is 16.9. The van der Waals surface area contributed by atoms with Crippen molar-refractivity contribution >= 4 is 27.3 Å². The van der Waals surface area contributed by atoms with Crippen LogP contribution in [0.5, 0.6) is 11.5 Å². The van der Waals surface area contributed by atoms with Gasteiger partial charge in [-0.1, -0.05) is 30.3 Å². The van der Waals surface area contributed by atoms with Crippen LogP contribution < -0.4 is 19.1 Å². The topological polar surface area (TPSA) is 84.9 Å². The summed E-state index contributed by atoms with van der Waals surface area (Å²) in [5.74, 6) is 0.635. The van der Waals surface area contributed by atoms with Crippen LogP contribution in [0.2, 0.25) is 0 Å². The Kier molecular flexibility index (Phi) is 5.81. The van der Waals surface area contributed by atoms with Crippen LogP contribution in [-0.4, -0.2) is 34.6 Å². The molecule has 0 fully saturated rings. The number of rotatable bonds is 7. The molecule has 160 valence electrons. The van der Waals surface area contributed by atoms with Gasteiger partial charge in [-0.15, -0.1) is 0 Å². The highest BCUT2D eigenvalue weighted by Crippen LogP contribution is 2.33. The lowest BCUT2D eigenvalue weighted by Gasteiger charge is -2.19. The van der Waals surface area contributed by atoms with Gasteiger partial charge in [0, 0.05) is 12.2 Å². The van der Waals surface area contributed by atoms with Gasteiger partial charge >= 0.3 is 0 Å². The van der Waals surface area contributed by atoms with Crippen molar-refractivity contribution < 1.29 is 22.7 Å². The minimum absolute atomic E-state index is 0.174. The standard InChI is InChI=1S/C23H22N2O5S/c1-29-21-8-4-5-9-22(21)30-16-23(26)24-18-10-12-19(13-11-18)31(27,28)25-15-14-17-6-2-3-7-20(17)25/h2-13H,14-16H2,1H3,(H,24,26). The number of ether oxygens (including phenoxy) is 2. The Morgan fingerprint density at radius 1 is 0.968 bits per heavy atom. The number of methoxy groups -OCH3 is 1. The molecule has 0 aromatic heterocycles. The molecular weight excluding hydrogens is 416 g/mol. The lowest BCUT2D eigenvalue weighted by Crippen LogP contribution is -2.29. The second-order valence-corrected chi connectivity index (χ2v) is 8.83. The SMILES string of the molecule is COc1ccccc1OCC(=O)Nc1ccc(S(=O)(=O)N2CCc3ccccc32)cc1. The maximum Gasteiger partial charge on any atom is 0.264 e. The number of hydrogen-bond donors (Lipinski definition) is 1. The summed E-state index contributed by atoms with van der Waals surface area (Å²) in [7, 11) is -2.14. The van der Waals surface area contributed by atoms with Gasteiger partial charge in [0.25, 0.3) is 15.9 Å². The van der Waals surface area contributed by atoms with Crippen molar-refractivity contribution in [3.05, 3.63) is 78.4 Å². The third-order valence-electron chi connectivity index (χ3n) is 5.00. The molecule has 0 unspecified atom stereocenters. The van der Waals surface area contributed by atoms with E-state index in [1.807, 2.05) is 30.3 Å². The van der Waals surface area contributed by atoms with E-state index in [0.29, 0.717) is 35.8 Å². The van der Waals surface area contributed by atoms with Crippen molar-refractivity contribution in [3.8, 4) is 11.5 Å². The molecule has 1 N–H and O–H groups in total. The molecule has 8 heteroatoms. The lowest BCUT2D eigenvalue weighted by atomic mass is 10.2. The number of hydrogen-bond acceptors (Lipinski definition) is 5. The van der Waals surface area contributed by atoms with Crippen LogP contribution in [0, 0.1) is 0 Å². The highest BCUT2D eigenvalue weighted by Gasteiger charge is 2.30. The third-order valence-corrected chi connectivity index (χ3v) is 6.83. The normalized spacial score (nSPS) is 12.9. The molecule has 1 heterocycles. The summed E-state index contributed by atoms with van der Waals surface area (Å²) in [4.78, 5) is 12.4. The fourth-order valence-electron chi connectivity index (χ4n) is 3.47. The Hall–Kier alpha value is -3.52. The molecule has 0 radical (unpaired) electrons. The minimum atomic E-state index is -3.67. The van der Waals surface area contributed by atoms with Crippen LogP contribution in [0.3, 0.4) is 0 Å². The predicted octanol–water partition coefficient (Wildman–Crippen LogP) is 3.46. The van der Waals surface area contributed by atoms with Gasteiger partial charge in [-0.05, 0) is 54.4 Å².